The van der Waals surface area contributed by atoms with Crippen LogP contribution in [0.4, 0.5) is 9.59 Å². The van der Waals surface area contributed by atoms with Gasteiger partial charge in [-0.2, -0.15) is 0 Å². The number of hydrogen-bond donors (Lipinski definition) is 4. The highest BCUT2D eigenvalue weighted by Gasteiger charge is 2.39. The number of ether oxygens (including phenoxy) is 2. The summed E-state index contributed by atoms with van der Waals surface area (Å²) in [6.45, 7) is 4.89. The van der Waals surface area contributed by atoms with Crippen LogP contribution in [0.1, 0.15) is 74.9 Å². The molecule has 2 fully saturated rings. The Morgan fingerprint density at radius 2 is 1.30 bits per heavy atom. The van der Waals surface area contributed by atoms with Crippen LogP contribution < -0.4 is 10.6 Å². The molecule has 0 saturated carbocycles. The Kier molecular flexibility index (Phi) is 11.8. The van der Waals surface area contributed by atoms with E-state index in [1.807, 2.05) is 86.9 Å². The molecule has 0 spiro atoms. The highest BCUT2D eigenvalue weighted by molar-refractivity contribution is 5.89. The summed E-state index contributed by atoms with van der Waals surface area (Å²) in [5.41, 5.74) is 6.46. The van der Waals surface area contributed by atoms with Gasteiger partial charge in [-0.15, -0.1) is 0 Å². The van der Waals surface area contributed by atoms with Crippen LogP contribution in [-0.4, -0.2) is 97.1 Å². The summed E-state index contributed by atoms with van der Waals surface area (Å²) in [5, 5.41) is 6.34. The predicted molar refractivity (Wildman–Crippen MR) is 226 cm³/mol. The monoisotopic (exact) mass is 824 g/mol. The molecule has 4 unspecified atom stereocenters. The topological polar surface area (TPSA) is 200 Å². The number of pyridine rings is 2. The quantitative estimate of drug-likeness (QED) is 0.107. The van der Waals surface area contributed by atoms with Gasteiger partial charge in [-0.05, 0) is 60.9 Å². The molecule has 2 aliphatic heterocycles. The van der Waals surface area contributed by atoms with Gasteiger partial charge in [0.05, 0.1) is 61.3 Å². The molecule has 4 atom stereocenters. The van der Waals surface area contributed by atoms with E-state index in [9.17, 15) is 19.2 Å². The lowest BCUT2D eigenvalue weighted by Crippen LogP contribution is -2.51. The number of fused-ring (bicyclic) bond motifs is 1. The molecule has 6 aromatic rings. The number of amides is 4. The summed E-state index contributed by atoms with van der Waals surface area (Å²) in [6, 6.07) is 19.1. The van der Waals surface area contributed by atoms with Crippen molar-refractivity contribution in [3.05, 3.63) is 109 Å². The van der Waals surface area contributed by atoms with Gasteiger partial charge in [0.25, 0.3) is 5.91 Å². The van der Waals surface area contributed by atoms with Gasteiger partial charge < -0.3 is 39.9 Å². The number of benzene rings is 2. The van der Waals surface area contributed by atoms with E-state index in [0.29, 0.717) is 36.0 Å². The molecule has 6 heterocycles. The highest BCUT2D eigenvalue weighted by atomic mass is 16.5. The van der Waals surface area contributed by atoms with Crippen molar-refractivity contribution < 1.29 is 28.7 Å². The Morgan fingerprint density at radius 3 is 1.95 bits per heavy atom. The molecule has 16 nitrogen and oxygen atoms in total. The minimum absolute atomic E-state index is 0.121. The zero-order valence-electron chi connectivity index (χ0n) is 34.4. The number of hydrogen-bond acceptors (Lipinski definition) is 10. The lowest BCUT2D eigenvalue weighted by molar-refractivity contribution is -0.135. The van der Waals surface area contributed by atoms with Crippen molar-refractivity contribution in [2.75, 3.05) is 27.3 Å². The van der Waals surface area contributed by atoms with Gasteiger partial charge in [-0.25, -0.2) is 19.6 Å². The normalized spacial score (nSPS) is 17.3. The molecule has 2 aliphatic rings. The first-order valence-corrected chi connectivity index (χ1v) is 20.4. The van der Waals surface area contributed by atoms with Crippen molar-refractivity contribution in [1.29, 1.82) is 0 Å². The number of nitrogens with one attached hydrogen (secondary N) is 4. The molecule has 4 amide bonds. The lowest BCUT2D eigenvalue weighted by atomic mass is 10.0. The van der Waals surface area contributed by atoms with E-state index in [-0.39, 0.29) is 29.8 Å². The molecular formula is C45H48N10O6. The van der Waals surface area contributed by atoms with Crippen LogP contribution in [0, 0.1) is 5.92 Å². The molecule has 2 saturated heterocycles. The van der Waals surface area contributed by atoms with E-state index >= 15 is 0 Å². The van der Waals surface area contributed by atoms with Crippen LogP contribution in [0.3, 0.4) is 0 Å². The summed E-state index contributed by atoms with van der Waals surface area (Å²) in [6.07, 6.45) is 8.93. The van der Waals surface area contributed by atoms with Gasteiger partial charge in [0.2, 0.25) is 5.91 Å². The van der Waals surface area contributed by atoms with Crippen molar-refractivity contribution in [3.8, 4) is 33.8 Å². The Bertz CT molecular complexity index is 2540. The Balaban J connectivity index is 0.943. The first kappa shape index (κ1) is 40.7. The minimum Gasteiger partial charge on any atom is -0.453 e. The molecule has 4 aromatic heterocycles. The largest absolute Gasteiger partial charge is 0.453 e. The Hall–Kier alpha value is -7.10. The maximum Gasteiger partial charge on any atom is 0.407 e. The maximum absolute atomic E-state index is 13.9. The second-order valence-corrected chi connectivity index (χ2v) is 15.6. The van der Waals surface area contributed by atoms with E-state index in [4.69, 9.17) is 24.4 Å². The molecular weight excluding hydrogens is 777 g/mol. The standard InChI is InChI=1S/C45H48N10O6/c1-26(2)38(52-44(58)60-3)42(56)54-18-8-13-37(54)41-49-25-35(51-41)32-17-16-30(22-46-32)28-14-15-29-20-31(23-47-33(29)21-28)34-24-48-40(50-34)36-12-9-19-55(36)43(57)39(53-45(59)61-4)27-10-6-5-7-11-27/h5-7,10-11,14-17,20-26,36-39H,8-9,12-13,18-19H2,1-4H3,(H,48,50)(H,49,51)(H,52,58)(H,53,59). The van der Waals surface area contributed by atoms with Gasteiger partial charge in [-0.3, -0.25) is 19.6 Å². The number of likely N-dealkylation sites (tertiary alicyclic amines) is 2. The lowest BCUT2D eigenvalue weighted by Gasteiger charge is -2.30. The SMILES string of the molecule is COC(=O)NC(C(=O)N1CCCC1c1ncc(-c2cnc3cc(-c4ccc(-c5cnc(C6CCCN6C(=O)C(NC(=O)OC)C(C)C)[nH]5)nc4)ccc3c2)[nH]1)c1ccccc1. The third-order valence-electron chi connectivity index (χ3n) is 11.5. The predicted octanol–water partition coefficient (Wildman–Crippen LogP) is 6.88. The summed E-state index contributed by atoms with van der Waals surface area (Å²) in [4.78, 5) is 81.0. The molecule has 0 radical (unpaired) electrons. The van der Waals surface area contributed by atoms with Crippen molar-refractivity contribution in [1.82, 2.24) is 50.3 Å². The smallest absolute Gasteiger partial charge is 0.407 e. The fourth-order valence-corrected chi connectivity index (χ4v) is 8.24. The number of nitrogens with zero attached hydrogens (tertiary/aromatic N) is 6. The van der Waals surface area contributed by atoms with Gasteiger partial charge in [-0.1, -0.05) is 62.4 Å². The van der Waals surface area contributed by atoms with Crippen LogP contribution in [0.5, 0.6) is 0 Å². The molecule has 2 aromatic carbocycles. The Morgan fingerprint density at radius 1 is 0.672 bits per heavy atom. The molecule has 0 bridgehead atoms. The van der Waals surface area contributed by atoms with Crippen molar-refractivity contribution >= 4 is 34.9 Å². The van der Waals surface area contributed by atoms with Crippen LogP contribution in [0.2, 0.25) is 0 Å². The second kappa shape index (κ2) is 17.6. The molecule has 16 heteroatoms. The fraction of sp³-hybridized carbons (Fsp3) is 0.333. The van der Waals surface area contributed by atoms with E-state index in [2.05, 4.69) is 31.7 Å². The third-order valence-corrected chi connectivity index (χ3v) is 11.5. The number of carbonyl (C=O) groups is 4. The number of rotatable bonds is 11. The first-order valence-electron chi connectivity index (χ1n) is 20.4. The summed E-state index contributed by atoms with van der Waals surface area (Å²) < 4.78 is 9.58. The molecule has 4 N–H and O–H groups in total. The summed E-state index contributed by atoms with van der Waals surface area (Å²) >= 11 is 0. The highest BCUT2D eigenvalue weighted by Crippen LogP contribution is 2.36. The number of imidazole rings is 2. The van der Waals surface area contributed by atoms with Crippen molar-refractivity contribution in [2.24, 2.45) is 5.92 Å². The van der Waals surface area contributed by atoms with E-state index < -0.39 is 24.3 Å². The first-order chi connectivity index (χ1) is 29.6. The third kappa shape index (κ3) is 8.51. The van der Waals surface area contributed by atoms with E-state index in [1.54, 1.807) is 22.2 Å². The summed E-state index contributed by atoms with van der Waals surface area (Å²) in [7, 11) is 2.56. The van der Waals surface area contributed by atoms with Crippen LogP contribution in [0.15, 0.2) is 91.5 Å². The zero-order valence-corrected chi connectivity index (χ0v) is 34.4. The number of carbonyl (C=O) groups excluding carboxylic acids is 4. The minimum atomic E-state index is -0.895. The molecule has 0 aliphatic carbocycles. The maximum atomic E-state index is 13.9. The molecule has 61 heavy (non-hydrogen) atoms. The summed E-state index contributed by atoms with van der Waals surface area (Å²) in [5.74, 6) is 0.838. The number of aromatic nitrogens is 6. The number of H-pyrrole nitrogens is 2. The average molecular weight is 825 g/mol. The van der Waals surface area contributed by atoms with Crippen molar-refractivity contribution in [2.45, 2.75) is 63.7 Å². The molecule has 8 rings (SSSR count). The van der Waals surface area contributed by atoms with Crippen molar-refractivity contribution in [3.63, 3.8) is 0 Å². The Labute approximate surface area is 352 Å². The number of alkyl carbamates (subject to hydrolysis) is 2. The zero-order chi connectivity index (χ0) is 42.6. The van der Waals surface area contributed by atoms with Gasteiger partial charge in [0, 0.05) is 42.0 Å². The molecule has 314 valence electrons. The van der Waals surface area contributed by atoms with Crippen LogP contribution >= 0.6 is 0 Å². The van der Waals surface area contributed by atoms with E-state index in [1.165, 1.54) is 14.2 Å². The van der Waals surface area contributed by atoms with Crippen LogP contribution in [-0.2, 0) is 19.1 Å². The fourth-order valence-electron chi connectivity index (χ4n) is 8.24. The number of methoxy groups -OCH3 is 2. The average Bonchev–Trinajstić information content (AvgIpc) is 4.14. The van der Waals surface area contributed by atoms with Gasteiger partial charge >= 0.3 is 12.2 Å². The second-order valence-electron chi connectivity index (χ2n) is 15.6. The van der Waals surface area contributed by atoms with E-state index in [0.717, 1.165) is 64.7 Å². The van der Waals surface area contributed by atoms with Gasteiger partial charge in [0.15, 0.2) is 0 Å². The number of aromatic amines is 2. The van der Waals surface area contributed by atoms with Crippen LogP contribution in [0.25, 0.3) is 44.7 Å². The van der Waals surface area contributed by atoms with Gasteiger partial charge in [0.1, 0.15) is 23.7 Å².